The van der Waals surface area contributed by atoms with Crippen molar-refractivity contribution >= 4 is 44.9 Å². The number of hydrogen-bond donors (Lipinski definition) is 1. The number of carbonyl (C=O) groups is 1. The molecule has 3 aromatic rings. The quantitative estimate of drug-likeness (QED) is 0.514. The zero-order valence-corrected chi connectivity index (χ0v) is 17.1. The van der Waals surface area contributed by atoms with Crippen LogP contribution in [0.2, 0.25) is 0 Å². The molecule has 27 heavy (non-hydrogen) atoms. The van der Waals surface area contributed by atoms with Crippen LogP contribution in [0.1, 0.15) is 23.2 Å². The van der Waals surface area contributed by atoms with Gasteiger partial charge in [-0.3, -0.25) is 4.79 Å². The summed E-state index contributed by atoms with van der Waals surface area (Å²) in [6.07, 6.45) is 0. The van der Waals surface area contributed by atoms with Crippen LogP contribution in [0.4, 0.5) is 5.69 Å². The first-order chi connectivity index (χ1) is 12.9. The first kappa shape index (κ1) is 18.1. The molecule has 0 saturated heterocycles. The summed E-state index contributed by atoms with van der Waals surface area (Å²) >= 11 is 3.12. The normalized spacial score (nSPS) is 13.8. The zero-order chi connectivity index (χ0) is 19.1. The summed E-state index contributed by atoms with van der Waals surface area (Å²) in [5.41, 5.74) is 1.86. The summed E-state index contributed by atoms with van der Waals surface area (Å²) in [5.74, 6) is 1.96. The highest BCUT2D eigenvalue weighted by Gasteiger charge is 2.21. The molecule has 140 valence electrons. The summed E-state index contributed by atoms with van der Waals surface area (Å²) in [6, 6.07) is 5.38. The Hall–Kier alpha value is -2.32. The molecule has 1 atom stereocenters. The van der Waals surface area contributed by atoms with Crippen molar-refractivity contribution in [3.63, 3.8) is 0 Å². The van der Waals surface area contributed by atoms with Gasteiger partial charge in [-0.25, -0.2) is 9.97 Å². The molecule has 0 spiro atoms. The first-order valence-corrected chi connectivity index (χ1v) is 10.2. The molecule has 0 saturated carbocycles. The molecule has 1 aliphatic heterocycles. The second-order valence-electron chi connectivity index (χ2n) is 6.36. The Labute approximate surface area is 165 Å². The van der Waals surface area contributed by atoms with E-state index in [1.165, 1.54) is 22.2 Å². The fraction of sp³-hybridized carbons (Fsp3) is 0.316. The minimum Gasteiger partial charge on any atom is -0.454 e. The number of aromatic nitrogens is 2. The van der Waals surface area contributed by atoms with Crippen LogP contribution in [0, 0.1) is 20.8 Å². The number of rotatable bonds is 4. The van der Waals surface area contributed by atoms with Crippen molar-refractivity contribution in [2.24, 2.45) is 0 Å². The molecule has 1 aromatic carbocycles. The Morgan fingerprint density at radius 3 is 2.81 bits per heavy atom. The first-order valence-electron chi connectivity index (χ1n) is 8.54. The van der Waals surface area contributed by atoms with Crippen LogP contribution < -0.4 is 14.8 Å². The lowest BCUT2D eigenvalue weighted by Gasteiger charge is -2.13. The molecule has 4 rings (SSSR count). The van der Waals surface area contributed by atoms with E-state index in [9.17, 15) is 4.79 Å². The Bertz CT molecular complexity index is 1050. The Balaban J connectivity index is 1.54. The van der Waals surface area contributed by atoms with Crippen molar-refractivity contribution in [1.29, 1.82) is 0 Å². The molecule has 1 aliphatic rings. The Kier molecular flexibility index (Phi) is 4.69. The molecule has 0 radical (unpaired) electrons. The molecular formula is C19H19N3O3S2. The number of nitrogens with one attached hydrogen (secondary N) is 1. The van der Waals surface area contributed by atoms with E-state index in [2.05, 4.69) is 29.1 Å². The molecule has 0 fully saturated rings. The molecule has 3 heterocycles. The lowest BCUT2D eigenvalue weighted by atomic mass is 10.2. The highest BCUT2D eigenvalue weighted by molar-refractivity contribution is 8.00. The van der Waals surface area contributed by atoms with Crippen LogP contribution in [-0.2, 0) is 4.79 Å². The third-order valence-electron chi connectivity index (χ3n) is 4.41. The number of benzene rings is 1. The van der Waals surface area contributed by atoms with E-state index >= 15 is 0 Å². The maximum Gasteiger partial charge on any atom is 0.237 e. The Morgan fingerprint density at radius 2 is 2.00 bits per heavy atom. The van der Waals surface area contributed by atoms with Gasteiger partial charge in [0.25, 0.3) is 0 Å². The average molecular weight is 402 g/mol. The Morgan fingerprint density at radius 1 is 1.22 bits per heavy atom. The van der Waals surface area contributed by atoms with Gasteiger partial charge in [0.1, 0.15) is 15.7 Å². The van der Waals surface area contributed by atoms with E-state index in [4.69, 9.17) is 9.47 Å². The molecule has 6 nitrogen and oxygen atoms in total. The minimum absolute atomic E-state index is 0.0899. The number of anilines is 1. The van der Waals surface area contributed by atoms with Crippen LogP contribution in [0.5, 0.6) is 11.5 Å². The molecular weight excluding hydrogens is 382 g/mol. The van der Waals surface area contributed by atoms with Gasteiger partial charge in [0.15, 0.2) is 11.5 Å². The summed E-state index contributed by atoms with van der Waals surface area (Å²) in [4.78, 5) is 24.0. The molecule has 0 unspecified atom stereocenters. The topological polar surface area (TPSA) is 73.3 Å². The fourth-order valence-corrected chi connectivity index (χ4v) is 5.03. The number of fused-ring (bicyclic) bond motifs is 2. The van der Waals surface area contributed by atoms with E-state index in [0.29, 0.717) is 17.2 Å². The maximum absolute atomic E-state index is 12.7. The number of nitrogens with zero attached hydrogens (tertiary/aromatic N) is 2. The van der Waals surface area contributed by atoms with Gasteiger partial charge in [-0.1, -0.05) is 11.8 Å². The predicted octanol–water partition coefficient (Wildman–Crippen LogP) is 4.46. The van der Waals surface area contributed by atoms with Crippen LogP contribution in [0.15, 0.2) is 23.2 Å². The number of thioether (sulfide) groups is 1. The van der Waals surface area contributed by atoms with Crippen molar-refractivity contribution in [3.05, 3.63) is 34.5 Å². The highest BCUT2D eigenvalue weighted by atomic mass is 32.2. The van der Waals surface area contributed by atoms with Gasteiger partial charge in [-0.05, 0) is 45.4 Å². The van der Waals surface area contributed by atoms with Gasteiger partial charge in [0, 0.05) is 22.0 Å². The zero-order valence-electron chi connectivity index (χ0n) is 15.5. The van der Waals surface area contributed by atoms with Gasteiger partial charge in [-0.15, -0.1) is 11.3 Å². The van der Waals surface area contributed by atoms with Crippen molar-refractivity contribution in [1.82, 2.24) is 9.97 Å². The lowest BCUT2D eigenvalue weighted by Crippen LogP contribution is -2.22. The number of carbonyl (C=O) groups excluding carboxylic acids is 1. The second kappa shape index (κ2) is 7.01. The maximum atomic E-state index is 12.7. The van der Waals surface area contributed by atoms with Crippen molar-refractivity contribution in [3.8, 4) is 11.5 Å². The standard InChI is InChI=1S/C19H19N3O3S2/c1-9-10(2)26-18-16(9)19(21-12(4)20-18)27-11(3)17(23)22-13-5-6-14-15(7-13)25-8-24-14/h5-7,11H,8H2,1-4H3,(H,22,23)/t11-/m1/s1. The van der Waals surface area contributed by atoms with Crippen molar-refractivity contribution in [2.45, 2.75) is 38.0 Å². The SMILES string of the molecule is Cc1nc(S[C@H](C)C(=O)Nc2ccc3c(c2)OCO3)c2c(C)c(C)sc2n1. The van der Waals surface area contributed by atoms with Crippen molar-refractivity contribution in [2.75, 3.05) is 12.1 Å². The molecule has 0 bridgehead atoms. The van der Waals surface area contributed by atoms with Gasteiger partial charge in [0.05, 0.1) is 5.25 Å². The molecule has 8 heteroatoms. The van der Waals surface area contributed by atoms with Crippen molar-refractivity contribution < 1.29 is 14.3 Å². The smallest absolute Gasteiger partial charge is 0.237 e. The number of ether oxygens (including phenoxy) is 2. The van der Waals surface area contributed by atoms with Crippen LogP contribution in [0.3, 0.4) is 0 Å². The lowest BCUT2D eigenvalue weighted by molar-refractivity contribution is -0.115. The van der Waals surface area contributed by atoms with E-state index in [1.54, 1.807) is 23.5 Å². The number of hydrogen-bond acceptors (Lipinski definition) is 7. The van der Waals surface area contributed by atoms with E-state index in [1.807, 2.05) is 19.9 Å². The van der Waals surface area contributed by atoms with Gasteiger partial charge in [0.2, 0.25) is 12.7 Å². The highest BCUT2D eigenvalue weighted by Crippen LogP contribution is 2.37. The molecule has 0 aliphatic carbocycles. The third-order valence-corrected chi connectivity index (χ3v) is 6.59. The van der Waals surface area contributed by atoms with E-state index < -0.39 is 0 Å². The third kappa shape index (κ3) is 3.46. The molecule has 1 N–H and O–H groups in total. The predicted molar refractivity (Wildman–Crippen MR) is 108 cm³/mol. The van der Waals surface area contributed by atoms with Gasteiger partial charge < -0.3 is 14.8 Å². The van der Waals surface area contributed by atoms with Crippen LogP contribution >= 0.6 is 23.1 Å². The van der Waals surface area contributed by atoms with E-state index in [0.717, 1.165) is 21.1 Å². The number of amides is 1. The monoisotopic (exact) mass is 401 g/mol. The van der Waals surface area contributed by atoms with Crippen LogP contribution in [0.25, 0.3) is 10.2 Å². The summed E-state index contributed by atoms with van der Waals surface area (Å²) < 4.78 is 10.7. The average Bonchev–Trinajstić information content (AvgIpc) is 3.19. The van der Waals surface area contributed by atoms with E-state index in [-0.39, 0.29) is 18.0 Å². The summed E-state index contributed by atoms with van der Waals surface area (Å²) in [7, 11) is 0. The number of thiophene rings is 1. The summed E-state index contributed by atoms with van der Waals surface area (Å²) in [6.45, 7) is 8.13. The largest absolute Gasteiger partial charge is 0.454 e. The summed E-state index contributed by atoms with van der Waals surface area (Å²) in [5, 5.41) is 4.53. The second-order valence-corrected chi connectivity index (χ2v) is 8.89. The fourth-order valence-electron chi connectivity index (χ4n) is 2.84. The van der Waals surface area contributed by atoms with Gasteiger partial charge >= 0.3 is 0 Å². The number of aryl methyl sites for hydroxylation is 3. The molecule has 1 amide bonds. The van der Waals surface area contributed by atoms with Crippen LogP contribution in [-0.4, -0.2) is 27.9 Å². The molecule has 2 aromatic heterocycles. The van der Waals surface area contributed by atoms with Gasteiger partial charge in [-0.2, -0.15) is 0 Å². The minimum atomic E-state index is -0.312.